The second kappa shape index (κ2) is 9.98. The van der Waals surface area contributed by atoms with Crippen LogP contribution >= 0.6 is 0 Å². The third-order valence-corrected chi connectivity index (χ3v) is 8.42. The first-order valence-electron chi connectivity index (χ1n) is 12.2. The first-order chi connectivity index (χ1) is 18.9. The molecule has 12 heteroatoms. The van der Waals surface area contributed by atoms with E-state index in [2.05, 4.69) is 30.9 Å². The lowest BCUT2D eigenvalue weighted by atomic mass is 10.1. The number of para-hydroxylation sites is 1. The van der Waals surface area contributed by atoms with Gasteiger partial charge in [-0.1, -0.05) is 12.1 Å². The number of aromatic nitrogens is 3. The van der Waals surface area contributed by atoms with Gasteiger partial charge >= 0.3 is 5.97 Å². The van der Waals surface area contributed by atoms with Crippen LogP contribution in [0.5, 0.6) is 0 Å². The van der Waals surface area contributed by atoms with Gasteiger partial charge in [0.15, 0.2) is 5.44 Å². The highest BCUT2D eigenvalue weighted by molar-refractivity contribution is 7.92. The van der Waals surface area contributed by atoms with E-state index in [1.165, 1.54) is 12.3 Å². The number of carboxylic acid groups (broad SMARTS) is 1. The number of rotatable bonds is 7. The predicted molar refractivity (Wildman–Crippen MR) is 148 cm³/mol. The summed E-state index contributed by atoms with van der Waals surface area (Å²) in [5, 5.41) is 19.7. The normalized spacial score (nSPS) is 15.8. The summed E-state index contributed by atoms with van der Waals surface area (Å²) in [4.78, 5) is 23.6. The molecule has 0 saturated carbocycles. The summed E-state index contributed by atoms with van der Waals surface area (Å²) in [6, 6.07) is 17.4. The van der Waals surface area contributed by atoms with Gasteiger partial charge < -0.3 is 30.8 Å². The third kappa shape index (κ3) is 4.76. The molecule has 198 valence electrons. The summed E-state index contributed by atoms with van der Waals surface area (Å²) in [6.45, 7) is 0.935. The number of pyridine rings is 1. The molecule has 3 aromatic carbocycles. The number of aromatic carboxylic acids is 1. The molecule has 0 bridgehead atoms. The number of anilines is 4. The van der Waals surface area contributed by atoms with Crippen LogP contribution in [0.4, 0.5) is 22.7 Å². The molecule has 1 aliphatic heterocycles. The summed E-state index contributed by atoms with van der Waals surface area (Å²) in [5.41, 5.74) is 3.06. The van der Waals surface area contributed by atoms with Crippen molar-refractivity contribution in [3.63, 3.8) is 0 Å². The van der Waals surface area contributed by atoms with Gasteiger partial charge in [-0.2, -0.15) is 0 Å². The second-order valence-corrected chi connectivity index (χ2v) is 11.1. The Bertz CT molecular complexity index is 1810. The number of sulfone groups is 1. The summed E-state index contributed by atoms with van der Waals surface area (Å²) < 4.78 is 33.1. The van der Waals surface area contributed by atoms with Crippen molar-refractivity contribution in [1.29, 1.82) is 0 Å². The number of carbonyl (C=O) groups is 1. The van der Waals surface area contributed by atoms with Crippen LogP contribution in [0, 0.1) is 0 Å². The minimum atomic E-state index is -4.02. The molecule has 2 aromatic heterocycles. The number of morpholine rings is 1. The quantitative estimate of drug-likeness (QED) is 0.203. The molecule has 39 heavy (non-hydrogen) atoms. The summed E-state index contributed by atoms with van der Waals surface area (Å²) >= 11 is 0. The number of hydrogen-bond donors (Lipinski definition) is 5. The van der Waals surface area contributed by atoms with Crippen LogP contribution in [0.1, 0.15) is 10.4 Å². The van der Waals surface area contributed by atoms with E-state index < -0.39 is 21.2 Å². The number of H-pyrrole nitrogens is 1. The van der Waals surface area contributed by atoms with E-state index in [1.54, 1.807) is 36.7 Å². The van der Waals surface area contributed by atoms with Gasteiger partial charge in [0.2, 0.25) is 9.84 Å². The lowest BCUT2D eigenvalue weighted by Gasteiger charge is -2.25. The maximum absolute atomic E-state index is 13.7. The molecule has 0 spiro atoms. The van der Waals surface area contributed by atoms with Gasteiger partial charge in [-0.3, -0.25) is 4.98 Å². The lowest BCUT2D eigenvalue weighted by molar-refractivity contribution is 0.0698. The number of imidazole rings is 1. The maximum Gasteiger partial charge on any atom is 0.337 e. The third-order valence-electron chi connectivity index (χ3n) is 6.51. The monoisotopic (exact) mass is 544 g/mol. The molecular formula is C27H24N6O5S. The summed E-state index contributed by atoms with van der Waals surface area (Å²) in [6.07, 6.45) is 2.91. The van der Waals surface area contributed by atoms with E-state index in [-0.39, 0.29) is 35.0 Å². The number of ether oxygens (including phenoxy) is 1. The standard InChI is InChI=1S/C27H24N6O5S/c34-27(35)18-3-1-2-4-21(18)33-26-19-11-16(32-17-6-8-22-23(12-17)31-15-30-22)5-7-20(19)29-13-24(26)39(36,37)25-14-28-9-10-38-25/h1-8,11-13,15,25,28,32H,9-10,14H2,(H,29,33)(H,30,31)(H,34,35). The predicted octanol–water partition coefficient (Wildman–Crippen LogP) is 4.02. The van der Waals surface area contributed by atoms with Crippen molar-refractivity contribution >= 4 is 60.5 Å². The van der Waals surface area contributed by atoms with Gasteiger partial charge in [0.1, 0.15) is 4.90 Å². The molecular weight excluding hydrogens is 520 g/mol. The van der Waals surface area contributed by atoms with Crippen LogP contribution in [0.3, 0.4) is 0 Å². The molecule has 11 nitrogen and oxygen atoms in total. The number of fused-ring (bicyclic) bond motifs is 2. The molecule has 1 atom stereocenters. The van der Waals surface area contributed by atoms with Gasteiger partial charge in [0.25, 0.3) is 0 Å². The largest absolute Gasteiger partial charge is 0.478 e. The molecule has 1 fully saturated rings. The van der Waals surface area contributed by atoms with Crippen LogP contribution in [-0.4, -0.2) is 59.6 Å². The van der Waals surface area contributed by atoms with Gasteiger partial charge in [0, 0.05) is 36.0 Å². The minimum Gasteiger partial charge on any atom is -0.478 e. The Morgan fingerprint density at radius 3 is 2.64 bits per heavy atom. The Hall–Kier alpha value is -4.52. The molecule has 5 aromatic rings. The fourth-order valence-electron chi connectivity index (χ4n) is 4.57. The van der Waals surface area contributed by atoms with E-state index in [0.717, 1.165) is 16.7 Å². The molecule has 1 aliphatic rings. The Morgan fingerprint density at radius 1 is 1.00 bits per heavy atom. The average molecular weight is 545 g/mol. The van der Waals surface area contributed by atoms with Crippen LogP contribution in [0.25, 0.3) is 21.9 Å². The fourth-order valence-corrected chi connectivity index (χ4v) is 6.11. The van der Waals surface area contributed by atoms with Crippen molar-refractivity contribution in [2.45, 2.75) is 10.3 Å². The topological polar surface area (TPSA) is 158 Å². The van der Waals surface area contributed by atoms with Crippen LogP contribution in [-0.2, 0) is 14.6 Å². The number of nitrogens with one attached hydrogen (secondary N) is 4. The molecule has 1 saturated heterocycles. The molecule has 0 radical (unpaired) electrons. The van der Waals surface area contributed by atoms with E-state index >= 15 is 0 Å². The van der Waals surface area contributed by atoms with E-state index in [1.807, 2.05) is 24.3 Å². The van der Waals surface area contributed by atoms with Gasteiger partial charge in [-0.25, -0.2) is 18.2 Å². The Balaban J connectivity index is 1.49. The first-order valence-corrected chi connectivity index (χ1v) is 13.7. The van der Waals surface area contributed by atoms with Crippen molar-refractivity contribution in [2.75, 3.05) is 30.3 Å². The highest BCUT2D eigenvalue weighted by Crippen LogP contribution is 2.37. The van der Waals surface area contributed by atoms with Crippen molar-refractivity contribution in [3.8, 4) is 0 Å². The highest BCUT2D eigenvalue weighted by atomic mass is 32.2. The fraction of sp³-hybridized carbons (Fsp3) is 0.148. The van der Waals surface area contributed by atoms with Crippen molar-refractivity contribution < 1.29 is 23.1 Å². The van der Waals surface area contributed by atoms with Crippen LogP contribution in [0.15, 0.2) is 78.1 Å². The molecule has 3 heterocycles. The Labute approximate surface area is 223 Å². The number of aromatic amines is 1. The summed E-state index contributed by atoms with van der Waals surface area (Å²) in [5.74, 6) is -1.14. The van der Waals surface area contributed by atoms with Gasteiger partial charge in [-0.15, -0.1) is 0 Å². The number of benzene rings is 3. The maximum atomic E-state index is 13.7. The number of hydrogen-bond acceptors (Lipinski definition) is 9. The van der Waals surface area contributed by atoms with Crippen molar-refractivity contribution in [2.24, 2.45) is 0 Å². The zero-order chi connectivity index (χ0) is 27.0. The van der Waals surface area contributed by atoms with Crippen molar-refractivity contribution in [3.05, 3.63) is 78.8 Å². The smallest absolute Gasteiger partial charge is 0.337 e. The van der Waals surface area contributed by atoms with Crippen LogP contribution in [0.2, 0.25) is 0 Å². The Kier molecular flexibility index (Phi) is 6.35. The van der Waals surface area contributed by atoms with Gasteiger partial charge in [0.05, 0.1) is 46.4 Å². The molecule has 0 aliphatic carbocycles. The van der Waals surface area contributed by atoms with E-state index in [4.69, 9.17) is 4.74 Å². The van der Waals surface area contributed by atoms with E-state index in [0.29, 0.717) is 23.1 Å². The number of nitrogens with zero attached hydrogens (tertiary/aromatic N) is 2. The van der Waals surface area contributed by atoms with Crippen LogP contribution < -0.4 is 16.0 Å². The molecule has 1 unspecified atom stereocenters. The van der Waals surface area contributed by atoms with Gasteiger partial charge in [-0.05, 0) is 48.5 Å². The molecule has 6 rings (SSSR count). The van der Waals surface area contributed by atoms with E-state index in [9.17, 15) is 18.3 Å². The first kappa shape index (κ1) is 24.8. The molecule has 5 N–H and O–H groups in total. The minimum absolute atomic E-state index is 0.00276. The number of carboxylic acids is 1. The SMILES string of the molecule is O=C(O)c1ccccc1Nc1c(S(=O)(=O)C2CNCCO2)cnc2ccc(Nc3ccc4[nH]cnc4c3)cc12. The summed E-state index contributed by atoms with van der Waals surface area (Å²) in [7, 11) is -4.02. The highest BCUT2D eigenvalue weighted by Gasteiger charge is 2.33. The zero-order valence-corrected chi connectivity index (χ0v) is 21.3. The second-order valence-electron chi connectivity index (χ2n) is 9.01. The zero-order valence-electron chi connectivity index (χ0n) is 20.5. The van der Waals surface area contributed by atoms with Crippen molar-refractivity contribution in [1.82, 2.24) is 20.3 Å². The molecule has 0 amide bonds. The Morgan fingerprint density at radius 2 is 1.82 bits per heavy atom. The average Bonchev–Trinajstić information content (AvgIpc) is 3.42. The lowest BCUT2D eigenvalue weighted by Crippen LogP contribution is -2.43.